The molecule has 0 atom stereocenters. The molecule has 1 aromatic heterocycles. The lowest BCUT2D eigenvalue weighted by atomic mass is 10.3. The first-order valence-corrected chi connectivity index (χ1v) is 7.48. The van der Waals surface area contributed by atoms with Crippen LogP contribution in [0.1, 0.15) is 0 Å². The molecule has 2 heterocycles. The van der Waals surface area contributed by atoms with Crippen LogP contribution in [0.25, 0.3) is 0 Å². The Hall–Kier alpha value is -2.48. The largest absolute Gasteiger partial charge is 0.534 e. The van der Waals surface area contributed by atoms with Gasteiger partial charge in [-0.05, 0) is 0 Å². The molecule has 0 saturated carbocycles. The number of carbonyl (C=O) groups excluding carboxylic acids is 1. The fourth-order valence-corrected chi connectivity index (χ4v) is 2.12. The number of halogens is 3. The van der Waals surface area contributed by atoms with Crippen molar-refractivity contribution in [3.8, 4) is 5.88 Å². The molecule has 0 unspecified atom stereocenters. The maximum atomic E-state index is 12.3. The summed E-state index contributed by atoms with van der Waals surface area (Å²) >= 11 is 0. The highest BCUT2D eigenvalue weighted by atomic mass is 32.2. The van der Waals surface area contributed by atoms with Crippen LogP contribution < -0.4 is 9.08 Å². The van der Waals surface area contributed by atoms with Gasteiger partial charge in [0, 0.05) is 12.1 Å². The highest BCUT2D eigenvalue weighted by molar-refractivity contribution is 7.87. The number of morpholine rings is 1. The van der Waals surface area contributed by atoms with Crippen molar-refractivity contribution in [1.82, 2.24) is 4.98 Å². The average molecular weight is 371 g/mol. The molecular weight excluding hydrogens is 363 g/mol. The third kappa shape index (κ3) is 3.53. The van der Waals surface area contributed by atoms with E-state index in [1.54, 1.807) is 0 Å². The third-order valence-electron chi connectivity index (χ3n) is 2.75. The molecule has 0 bridgehead atoms. The molecule has 24 heavy (non-hydrogen) atoms. The second kappa shape index (κ2) is 6.20. The maximum absolute atomic E-state index is 12.3. The van der Waals surface area contributed by atoms with Crippen LogP contribution in [0, 0.1) is 10.1 Å². The summed E-state index contributed by atoms with van der Waals surface area (Å²) in [5, 5.41) is 11.0. The van der Waals surface area contributed by atoms with Gasteiger partial charge in [0.25, 0.3) is 5.91 Å². The number of ether oxygens (including phenoxy) is 1. The van der Waals surface area contributed by atoms with Gasteiger partial charge >= 0.3 is 21.3 Å². The summed E-state index contributed by atoms with van der Waals surface area (Å²) in [4.78, 5) is 26.0. The Kier molecular flexibility index (Phi) is 4.61. The van der Waals surface area contributed by atoms with Crippen molar-refractivity contribution in [3.05, 3.63) is 22.2 Å². The minimum Gasteiger partial charge on any atom is -0.370 e. The molecule has 1 fully saturated rings. The highest BCUT2D eigenvalue weighted by Gasteiger charge is 2.49. The van der Waals surface area contributed by atoms with Crippen LogP contribution in [0.2, 0.25) is 0 Å². The van der Waals surface area contributed by atoms with E-state index >= 15 is 0 Å². The molecule has 0 aromatic carbocycles. The minimum atomic E-state index is -6.01. The van der Waals surface area contributed by atoms with Crippen LogP contribution >= 0.6 is 0 Å². The quantitative estimate of drug-likeness (QED) is 0.325. The predicted molar refractivity (Wildman–Crippen MR) is 69.7 cm³/mol. The van der Waals surface area contributed by atoms with Crippen LogP contribution in [-0.4, -0.2) is 49.5 Å². The number of nitro groups is 1. The summed E-state index contributed by atoms with van der Waals surface area (Å²) < 4.78 is 67.5. The zero-order chi connectivity index (χ0) is 18.1. The van der Waals surface area contributed by atoms with Gasteiger partial charge in [0.1, 0.15) is 6.61 Å². The van der Waals surface area contributed by atoms with Crippen molar-refractivity contribution in [2.75, 3.05) is 24.7 Å². The fourth-order valence-electron chi connectivity index (χ4n) is 1.71. The monoisotopic (exact) mass is 371 g/mol. The standard InChI is InChI=1S/C10H8F3N3O7S/c11-10(12,13)24(20,21)23-7-2-1-6(16(18)19)9(14-7)15-3-4-22-5-8(15)17/h1-2H,3-5H2. The Labute approximate surface area is 132 Å². The molecule has 0 spiro atoms. The van der Waals surface area contributed by atoms with Crippen LogP contribution in [0.5, 0.6) is 5.88 Å². The van der Waals surface area contributed by atoms with Gasteiger partial charge in [0.2, 0.25) is 11.7 Å². The van der Waals surface area contributed by atoms with Crippen molar-refractivity contribution in [2.45, 2.75) is 5.51 Å². The van der Waals surface area contributed by atoms with E-state index in [0.29, 0.717) is 12.1 Å². The highest BCUT2D eigenvalue weighted by Crippen LogP contribution is 2.32. The average Bonchev–Trinajstić information content (AvgIpc) is 2.45. The molecule has 14 heteroatoms. The molecule has 0 aliphatic carbocycles. The van der Waals surface area contributed by atoms with Crippen molar-refractivity contribution in [1.29, 1.82) is 0 Å². The number of aromatic nitrogens is 1. The van der Waals surface area contributed by atoms with Crippen LogP contribution in [-0.2, 0) is 19.6 Å². The lowest BCUT2D eigenvalue weighted by molar-refractivity contribution is -0.384. The Bertz CT molecular complexity index is 780. The van der Waals surface area contributed by atoms with E-state index in [-0.39, 0.29) is 13.2 Å². The van der Waals surface area contributed by atoms with Crippen molar-refractivity contribution in [3.63, 3.8) is 0 Å². The van der Waals surface area contributed by atoms with E-state index in [2.05, 4.69) is 9.17 Å². The Morgan fingerprint density at radius 3 is 2.58 bits per heavy atom. The van der Waals surface area contributed by atoms with Gasteiger partial charge in [-0.3, -0.25) is 19.8 Å². The molecule has 10 nitrogen and oxygen atoms in total. The molecule has 0 N–H and O–H groups in total. The number of nitrogens with zero attached hydrogens (tertiary/aromatic N) is 3. The van der Waals surface area contributed by atoms with Crippen molar-refractivity contribution < 1.29 is 40.2 Å². The summed E-state index contributed by atoms with van der Waals surface area (Å²) in [6.07, 6.45) is 0. The second-order valence-electron chi connectivity index (χ2n) is 4.33. The number of hydrogen-bond donors (Lipinski definition) is 0. The molecule has 1 amide bonds. The first-order chi connectivity index (χ1) is 11.0. The van der Waals surface area contributed by atoms with Gasteiger partial charge in [0.05, 0.1) is 18.1 Å². The van der Waals surface area contributed by atoms with Gasteiger partial charge in [0.15, 0.2) is 0 Å². The zero-order valence-corrected chi connectivity index (χ0v) is 12.3. The Balaban J connectivity index is 2.45. The van der Waals surface area contributed by atoms with E-state index in [4.69, 9.17) is 4.74 Å². The number of anilines is 1. The topological polar surface area (TPSA) is 129 Å². The van der Waals surface area contributed by atoms with Crippen molar-refractivity contribution >= 4 is 27.5 Å². The lowest BCUT2D eigenvalue weighted by Crippen LogP contribution is -2.42. The van der Waals surface area contributed by atoms with Gasteiger partial charge in [-0.25, -0.2) is 0 Å². The molecule has 2 rings (SSSR count). The van der Waals surface area contributed by atoms with E-state index < -0.39 is 50.4 Å². The first kappa shape index (κ1) is 17.9. The summed E-state index contributed by atoms with van der Waals surface area (Å²) in [6.45, 7) is -0.552. The molecular formula is C10H8F3N3O7S. The number of carbonyl (C=O) groups is 1. The zero-order valence-electron chi connectivity index (χ0n) is 11.5. The second-order valence-corrected chi connectivity index (χ2v) is 5.87. The Morgan fingerprint density at radius 1 is 1.38 bits per heavy atom. The van der Waals surface area contributed by atoms with E-state index in [9.17, 15) is 36.5 Å². The summed E-state index contributed by atoms with van der Waals surface area (Å²) in [5.41, 5.74) is -6.41. The Morgan fingerprint density at radius 2 is 2.04 bits per heavy atom. The summed E-state index contributed by atoms with van der Waals surface area (Å²) in [6, 6.07) is 1.27. The van der Waals surface area contributed by atoms with Gasteiger partial charge in [-0.1, -0.05) is 0 Å². The fraction of sp³-hybridized carbons (Fsp3) is 0.400. The normalized spacial score (nSPS) is 16.1. The van der Waals surface area contributed by atoms with Crippen molar-refractivity contribution in [2.24, 2.45) is 0 Å². The van der Waals surface area contributed by atoms with Gasteiger partial charge < -0.3 is 8.92 Å². The smallest absolute Gasteiger partial charge is 0.370 e. The minimum absolute atomic E-state index is 0.0104. The lowest BCUT2D eigenvalue weighted by Gasteiger charge is -2.25. The molecule has 1 aliphatic rings. The third-order valence-corrected chi connectivity index (χ3v) is 3.70. The first-order valence-electron chi connectivity index (χ1n) is 6.07. The summed E-state index contributed by atoms with van der Waals surface area (Å²) in [5.74, 6) is -2.43. The number of amides is 1. The molecule has 1 saturated heterocycles. The number of rotatable bonds is 4. The SMILES string of the molecule is O=C1COCCN1c1nc(OS(=O)(=O)C(F)(F)F)ccc1[N+](=O)[O-]. The molecule has 1 aliphatic heterocycles. The van der Waals surface area contributed by atoms with E-state index in [1.807, 2.05) is 0 Å². The molecule has 0 radical (unpaired) electrons. The van der Waals surface area contributed by atoms with E-state index in [1.165, 1.54) is 0 Å². The maximum Gasteiger partial charge on any atom is 0.534 e. The van der Waals surface area contributed by atoms with Gasteiger partial charge in [-0.2, -0.15) is 26.6 Å². The molecule has 1 aromatic rings. The summed E-state index contributed by atoms with van der Waals surface area (Å²) in [7, 11) is -6.01. The van der Waals surface area contributed by atoms with Crippen LogP contribution in [0.3, 0.4) is 0 Å². The van der Waals surface area contributed by atoms with Crippen LogP contribution in [0.4, 0.5) is 24.7 Å². The molecule has 132 valence electrons. The number of pyridine rings is 1. The number of alkyl halides is 3. The predicted octanol–water partition coefficient (Wildman–Crippen LogP) is 0.581. The van der Waals surface area contributed by atoms with E-state index in [0.717, 1.165) is 4.90 Å². The number of hydrogen-bond acceptors (Lipinski definition) is 8. The van der Waals surface area contributed by atoms with Gasteiger partial charge in [-0.15, -0.1) is 0 Å². The van der Waals surface area contributed by atoms with Crippen LogP contribution in [0.15, 0.2) is 12.1 Å².